The number of hydrogen-bond acceptors (Lipinski definition) is 0. The van der Waals surface area contributed by atoms with Crippen molar-refractivity contribution in [1.82, 2.24) is 0 Å². The maximum absolute atomic E-state index is 3.01. The number of aryl methyl sites for hydroxylation is 1. The second-order valence-electron chi connectivity index (χ2n) is 3.76. The van der Waals surface area contributed by atoms with Gasteiger partial charge in [0, 0.05) is 12.1 Å². The van der Waals surface area contributed by atoms with Gasteiger partial charge in [-0.25, -0.2) is 4.98 Å². The van der Waals surface area contributed by atoms with Gasteiger partial charge < -0.3 is 0 Å². The Labute approximate surface area is 96.5 Å². The van der Waals surface area contributed by atoms with Crippen molar-refractivity contribution in [2.24, 2.45) is 0 Å². The van der Waals surface area contributed by atoms with E-state index >= 15 is 0 Å². The molecule has 80 valence electrons. The van der Waals surface area contributed by atoms with E-state index in [9.17, 15) is 0 Å². The van der Waals surface area contributed by atoms with E-state index in [1.165, 1.54) is 16.7 Å². The molecule has 0 bridgehead atoms. The molecule has 0 atom stereocenters. The summed E-state index contributed by atoms with van der Waals surface area (Å²) in [7, 11) is 0. The Balaban J connectivity index is 2.12. The smallest absolute Gasteiger partial charge is 0.167 e. The van der Waals surface area contributed by atoms with Crippen molar-refractivity contribution in [3.8, 4) is 0 Å². The molecule has 1 heterocycles. The SMILES string of the molecule is CCc1ccc(/C=C/c2cc[nH+]cc2)cc1. The molecule has 0 saturated carbocycles. The molecule has 1 nitrogen and oxygen atoms in total. The van der Waals surface area contributed by atoms with E-state index in [0.29, 0.717) is 0 Å². The third-order valence-corrected chi connectivity index (χ3v) is 2.60. The van der Waals surface area contributed by atoms with Gasteiger partial charge in [0.15, 0.2) is 12.4 Å². The summed E-state index contributed by atoms with van der Waals surface area (Å²) in [6, 6.07) is 12.8. The van der Waals surface area contributed by atoms with Crippen molar-refractivity contribution in [2.75, 3.05) is 0 Å². The van der Waals surface area contributed by atoms with Gasteiger partial charge in [0.2, 0.25) is 0 Å². The van der Waals surface area contributed by atoms with Crippen LogP contribution in [0.1, 0.15) is 23.6 Å². The number of nitrogens with one attached hydrogen (secondary N) is 1. The van der Waals surface area contributed by atoms with E-state index in [4.69, 9.17) is 0 Å². The Hall–Kier alpha value is -1.89. The largest absolute Gasteiger partial charge is 0.218 e. The van der Waals surface area contributed by atoms with Gasteiger partial charge in [0.05, 0.1) is 0 Å². The zero-order valence-corrected chi connectivity index (χ0v) is 9.48. The van der Waals surface area contributed by atoms with Gasteiger partial charge in [-0.1, -0.05) is 43.3 Å². The maximum Gasteiger partial charge on any atom is 0.167 e. The number of aromatic amines is 1. The van der Waals surface area contributed by atoms with Gasteiger partial charge in [-0.3, -0.25) is 0 Å². The first kappa shape index (κ1) is 10.6. The second kappa shape index (κ2) is 5.26. The summed E-state index contributed by atoms with van der Waals surface area (Å²) in [6.45, 7) is 2.17. The van der Waals surface area contributed by atoms with E-state index in [-0.39, 0.29) is 0 Å². The number of H-pyrrole nitrogens is 1. The minimum atomic E-state index is 1.10. The van der Waals surface area contributed by atoms with Crippen molar-refractivity contribution >= 4 is 12.2 Å². The van der Waals surface area contributed by atoms with Crippen LogP contribution < -0.4 is 4.98 Å². The van der Waals surface area contributed by atoms with Crippen molar-refractivity contribution in [3.63, 3.8) is 0 Å². The molecule has 0 aliphatic rings. The lowest BCUT2D eigenvalue weighted by Gasteiger charge is -1.97. The maximum atomic E-state index is 3.01. The Morgan fingerprint density at radius 1 is 0.875 bits per heavy atom. The predicted octanol–water partition coefficient (Wildman–Crippen LogP) is 3.23. The average Bonchev–Trinajstić information content (AvgIpc) is 2.38. The number of hydrogen-bond donors (Lipinski definition) is 0. The van der Waals surface area contributed by atoms with E-state index < -0.39 is 0 Å². The second-order valence-corrected chi connectivity index (χ2v) is 3.76. The third-order valence-electron chi connectivity index (χ3n) is 2.60. The fourth-order valence-corrected chi connectivity index (χ4v) is 1.57. The van der Waals surface area contributed by atoms with Crippen LogP contribution >= 0.6 is 0 Å². The number of benzene rings is 1. The summed E-state index contributed by atoms with van der Waals surface area (Å²) < 4.78 is 0. The zero-order chi connectivity index (χ0) is 11.2. The standard InChI is InChI=1S/C15H15N/c1-2-13-3-5-14(6-4-13)7-8-15-9-11-16-12-10-15/h3-12H,2H2,1H3/p+1/b8-7+. The molecule has 0 aliphatic heterocycles. The van der Waals surface area contributed by atoms with Crippen LogP contribution in [-0.2, 0) is 6.42 Å². The Morgan fingerprint density at radius 3 is 2.00 bits per heavy atom. The van der Waals surface area contributed by atoms with Gasteiger partial charge >= 0.3 is 0 Å². The van der Waals surface area contributed by atoms with Gasteiger partial charge in [0.1, 0.15) is 0 Å². The number of rotatable bonds is 3. The van der Waals surface area contributed by atoms with E-state index in [2.05, 4.69) is 60.5 Å². The molecule has 0 aliphatic carbocycles. The summed E-state index contributed by atoms with van der Waals surface area (Å²) in [6.07, 6.45) is 9.21. The summed E-state index contributed by atoms with van der Waals surface area (Å²) in [5.41, 5.74) is 3.83. The van der Waals surface area contributed by atoms with Gasteiger partial charge in [-0.05, 0) is 23.1 Å². The van der Waals surface area contributed by atoms with Crippen molar-refractivity contribution in [3.05, 3.63) is 65.5 Å². The molecule has 0 amide bonds. The molecule has 0 spiro atoms. The molecule has 1 aromatic carbocycles. The minimum absolute atomic E-state index is 1.10. The molecular formula is C15H16N+. The van der Waals surface area contributed by atoms with Crippen LogP contribution in [0.3, 0.4) is 0 Å². The lowest BCUT2D eigenvalue weighted by Crippen LogP contribution is -1.96. The quantitative estimate of drug-likeness (QED) is 0.738. The number of aromatic nitrogens is 1. The van der Waals surface area contributed by atoms with Gasteiger partial charge in [-0.2, -0.15) is 0 Å². The highest BCUT2D eigenvalue weighted by Gasteiger charge is 1.90. The first-order chi connectivity index (χ1) is 7.88. The predicted molar refractivity (Wildman–Crippen MR) is 67.7 cm³/mol. The molecule has 0 radical (unpaired) electrons. The molecule has 0 saturated heterocycles. The topological polar surface area (TPSA) is 14.1 Å². The highest BCUT2D eigenvalue weighted by molar-refractivity contribution is 5.69. The van der Waals surface area contributed by atoms with Crippen molar-refractivity contribution in [1.29, 1.82) is 0 Å². The van der Waals surface area contributed by atoms with Gasteiger partial charge in [-0.15, -0.1) is 0 Å². The lowest BCUT2D eigenvalue weighted by molar-refractivity contribution is -0.378. The summed E-state index contributed by atoms with van der Waals surface area (Å²) in [5.74, 6) is 0. The van der Waals surface area contributed by atoms with Crippen LogP contribution in [0.4, 0.5) is 0 Å². The van der Waals surface area contributed by atoms with Crippen LogP contribution in [-0.4, -0.2) is 0 Å². The van der Waals surface area contributed by atoms with Gasteiger partial charge in [0.25, 0.3) is 0 Å². The average molecular weight is 210 g/mol. The highest BCUT2D eigenvalue weighted by Crippen LogP contribution is 2.09. The molecule has 0 unspecified atom stereocenters. The molecule has 2 aromatic rings. The van der Waals surface area contributed by atoms with Crippen LogP contribution in [0, 0.1) is 0 Å². The summed E-state index contributed by atoms with van der Waals surface area (Å²) in [4.78, 5) is 3.01. The lowest BCUT2D eigenvalue weighted by atomic mass is 10.1. The van der Waals surface area contributed by atoms with Crippen molar-refractivity contribution < 1.29 is 4.98 Å². The molecule has 1 aromatic heterocycles. The molecule has 2 rings (SSSR count). The fourth-order valence-electron chi connectivity index (χ4n) is 1.57. The highest BCUT2D eigenvalue weighted by atomic mass is 14.6. The zero-order valence-electron chi connectivity index (χ0n) is 9.48. The molecule has 16 heavy (non-hydrogen) atoms. The van der Waals surface area contributed by atoms with Crippen LogP contribution in [0.2, 0.25) is 0 Å². The summed E-state index contributed by atoms with van der Waals surface area (Å²) in [5, 5.41) is 0. The first-order valence-corrected chi connectivity index (χ1v) is 5.61. The number of pyridine rings is 1. The monoisotopic (exact) mass is 210 g/mol. The minimum Gasteiger partial charge on any atom is -0.218 e. The fraction of sp³-hybridized carbons (Fsp3) is 0.133. The first-order valence-electron chi connectivity index (χ1n) is 5.61. The molecular weight excluding hydrogens is 194 g/mol. The Bertz CT molecular complexity index is 455. The molecule has 1 N–H and O–H groups in total. The van der Waals surface area contributed by atoms with Crippen LogP contribution in [0.25, 0.3) is 12.2 Å². The summed E-state index contributed by atoms with van der Waals surface area (Å²) >= 11 is 0. The third kappa shape index (κ3) is 2.80. The van der Waals surface area contributed by atoms with E-state index in [1.807, 2.05) is 12.4 Å². The van der Waals surface area contributed by atoms with Crippen molar-refractivity contribution in [2.45, 2.75) is 13.3 Å². The van der Waals surface area contributed by atoms with E-state index in [1.54, 1.807) is 0 Å². The Kier molecular flexibility index (Phi) is 3.50. The molecule has 1 heteroatoms. The van der Waals surface area contributed by atoms with Crippen LogP contribution in [0.15, 0.2) is 48.8 Å². The van der Waals surface area contributed by atoms with E-state index in [0.717, 1.165) is 6.42 Å². The normalized spacial score (nSPS) is 10.8. The Morgan fingerprint density at radius 2 is 1.44 bits per heavy atom. The van der Waals surface area contributed by atoms with Crippen LogP contribution in [0.5, 0.6) is 0 Å². The molecule has 0 fully saturated rings.